The Morgan fingerprint density at radius 1 is 1.12 bits per heavy atom. The van der Waals surface area contributed by atoms with E-state index in [1.54, 1.807) is 41.2 Å². The number of nitrogens with zero attached hydrogens (tertiary/aromatic N) is 2. The Labute approximate surface area is 188 Å². The summed E-state index contributed by atoms with van der Waals surface area (Å²) in [6.45, 7) is 1.92. The van der Waals surface area contributed by atoms with E-state index >= 15 is 0 Å². The Bertz CT molecular complexity index is 1380. The van der Waals surface area contributed by atoms with Gasteiger partial charge < -0.3 is 15.4 Å². The lowest BCUT2D eigenvalue weighted by molar-refractivity contribution is -0.118. The second-order valence-electron chi connectivity index (χ2n) is 7.68. The van der Waals surface area contributed by atoms with Crippen LogP contribution in [0, 0.1) is 12.7 Å². The number of aryl methyl sites for hydroxylation is 1. The van der Waals surface area contributed by atoms with Gasteiger partial charge in [0.15, 0.2) is 6.61 Å². The number of fused-ring (bicyclic) bond motifs is 1. The summed E-state index contributed by atoms with van der Waals surface area (Å²) in [5.41, 5.74) is 4.27. The zero-order valence-electron chi connectivity index (χ0n) is 17.6. The molecule has 3 aromatic carbocycles. The average Bonchev–Trinajstić information content (AvgIpc) is 3.25. The molecule has 2 N–H and O–H groups in total. The highest BCUT2D eigenvalue weighted by Crippen LogP contribution is 2.31. The predicted octanol–water partition coefficient (Wildman–Crippen LogP) is 4.57. The summed E-state index contributed by atoms with van der Waals surface area (Å²) in [5.74, 6) is -0.445. The molecule has 8 heteroatoms. The maximum absolute atomic E-state index is 13.4. The molecule has 0 spiro atoms. The molecule has 7 nitrogen and oxygen atoms in total. The quantitative estimate of drug-likeness (QED) is 0.485. The van der Waals surface area contributed by atoms with Gasteiger partial charge in [-0.2, -0.15) is 5.10 Å². The molecule has 2 amide bonds. The predicted molar refractivity (Wildman–Crippen MR) is 122 cm³/mol. The van der Waals surface area contributed by atoms with Gasteiger partial charge in [-0.3, -0.25) is 9.59 Å². The van der Waals surface area contributed by atoms with Crippen molar-refractivity contribution in [2.45, 2.75) is 6.92 Å². The molecule has 0 bridgehead atoms. The normalized spacial score (nSPS) is 12.5. The van der Waals surface area contributed by atoms with Gasteiger partial charge in [0.1, 0.15) is 17.3 Å². The van der Waals surface area contributed by atoms with Gasteiger partial charge in [-0.05, 0) is 55.5 Å². The molecular weight excluding hydrogens is 423 g/mol. The standard InChI is InChI=1S/C25H19FN4O3/c1-15-3-2-4-16(11-15)24-20(13-30(29-24)19-8-5-17(26)6-9-19)25(32)27-18-7-10-22-21(12-18)28-23(31)14-33-22/h2-13H,14H2,1H3,(H,27,32)(H,28,31). The highest BCUT2D eigenvalue weighted by Gasteiger charge is 2.21. The minimum atomic E-state index is -0.372. The first-order valence-electron chi connectivity index (χ1n) is 10.3. The number of ether oxygens (including phenoxy) is 1. The Morgan fingerprint density at radius 3 is 2.73 bits per heavy atom. The second-order valence-corrected chi connectivity index (χ2v) is 7.68. The summed E-state index contributed by atoms with van der Waals surface area (Å²) < 4.78 is 20.3. The van der Waals surface area contributed by atoms with Crippen molar-refractivity contribution >= 4 is 23.2 Å². The number of rotatable bonds is 4. The van der Waals surface area contributed by atoms with Crippen LogP contribution in [-0.2, 0) is 4.79 Å². The molecule has 5 rings (SSSR count). The summed E-state index contributed by atoms with van der Waals surface area (Å²) in [5, 5.41) is 10.2. The zero-order valence-corrected chi connectivity index (χ0v) is 17.6. The van der Waals surface area contributed by atoms with Crippen LogP contribution < -0.4 is 15.4 Å². The molecule has 0 radical (unpaired) electrons. The van der Waals surface area contributed by atoms with Crippen LogP contribution in [-0.4, -0.2) is 28.2 Å². The lowest BCUT2D eigenvalue weighted by Gasteiger charge is -2.18. The Kier molecular flexibility index (Phi) is 5.10. The lowest BCUT2D eigenvalue weighted by Crippen LogP contribution is -2.25. The van der Waals surface area contributed by atoms with E-state index in [1.165, 1.54) is 12.1 Å². The van der Waals surface area contributed by atoms with Crippen molar-refractivity contribution in [1.82, 2.24) is 9.78 Å². The molecule has 0 aliphatic carbocycles. The number of halogens is 1. The van der Waals surface area contributed by atoms with Crippen LogP contribution in [0.5, 0.6) is 5.75 Å². The van der Waals surface area contributed by atoms with Gasteiger partial charge in [0.2, 0.25) is 0 Å². The molecule has 0 unspecified atom stereocenters. The van der Waals surface area contributed by atoms with Gasteiger partial charge in [0, 0.05) is 17.4 Å². The molecule has 0 fully saturated rings. The first kappa shape index (κ1) is 20.4. The maximum atomic E-state index is 13.4. The van der Waals surface area contributed by atoms with Gasteiger partial charge in [-0.15, -0.1) is 0 Å². The molecular formula is C25H19FN4O3. The van der Waals surface area contributed by atoms with Crippen LogP contribution in [0.4, 0.5) is 15.8 Å². The van der Waals surface area contributed by atoms with Crippen LogP contribution in [0.2, 0.25) is 0 Å². The van der Waals surface area contributed by atoms with Crippen LogP contribution in [0.3, 0.4) is 0 Å². The van der Waals surface area contributed by atoms with Gasteiger partial charge in [0.05, 0.1) is 16.9 Å². The molecule has 164 valence electrons. The van der Waals surface area contributed by atoms with Crippen molar-refractivity contribution < 1.29 is 18.7 Å². The van der Waals surface area contributed by atoms with E-state index in [2.05, 4.69) is 15.7 Å². The van der Waals surface area contributed by atoms with E-state index in [0.717, 1.165) is 11.1 Å². The van der Waals surface area contributed by atoms with Crippen molar-refractivity contribution in [3.8, 4) is 22.7 Å². The average molecular weight is 442 g/mol. The molecule has 2 heterocycles. The number of hydrogen-bond donors (Lipinski definition) is 2. The maximum Gasteiger partial charge on any atom is 0.262 e. The third-order valence-electron chi connectivity index (χ3n) is 5.21. The largest absolute Gasteiger partial charge is 0.482 e. The fourth-order valence-electron chi connectivity index (χ4n) is 3.63. The van der Waals surface area contributed by atoms with Crippen LogP contribution >= 0.6 is 0 Å². The van der Waals surface area contributed by atoms with Crippen molar-refractivity contribution in [2.75, 3.05) is 17.2 Å². The number of carbonyl (C=O) groups is 2. The molecule has 0 saturated heterocycles. The van der Waals surface area contributed by atoms with Crippen molar-refractivity contribution in [2.24, 2.45) is 0 Å². The highest BCUT2D eigenvalue weighted by atomic mass is 19.1. The SMILES string of the molecule is Cc1cccc(-c2nn(-c3ccc(F)cc3)cc2C(=O)Nc2ccc3c(c2)NC(=O)CO3)c1. The van der Waals surface area contributed by atoms with Crippen LogP contribution in [0.1, 0.15) is 15.9 Å². The van der Waals surface area contributed by atoms with Gasteiger partial charge in [0.25, 0.3) is 11.8 Å². The number of carbonyl (C=O) groups excluding carboxylic acids is 2. The van der Waals surface area contributed by atoms with Crippen molar-refractivity contribution in [3.63, 3.8) is 0 Å². The van der Waals surface area contributed by atoms with E-state index in [-0.39, 0.29) is 24.2 Å². The molecule has 1 aromatic heterocycles. The summed E-state index contributed by atoms with van der Waals surface area (Å²) in [7, 11) is 0. The summed E-state index contributed by atoms with van der Waals surface area (Å²) >= 11 is 0. The molecule has 4 aromatic rings. The Hall–Kier alpha value is -4.46. The van der Waals surface area contributed by atoms with E-state index in [4.69, 9.17) is 4.74 Å². The second kappa shape index (κ2) is 8.23. The summed E-state index contributed by atoms with van der Waals surface area (Å²) in [6, 6.07) is 18.6. The number of anilines is 2. The number of nitrogens with one attached hydrogen (secondary N) is 2. The van der Waals surface area contributed by atoms with E-state index in [0.29, 0.717) is 34.1 Å². The lowest BCUT2D eigenvalue weighted by atomic mass is 10.1. The first-order chi connectivity index (χ1) is 16.0. The van der Waals surface area contributed by atoms with Crippen molar-refractivity contribution in [1.29, 1.82) is 0 Å². The number of hydrogen-bond acceptors (Lipinski definition) is 4. The van der Waals surface area contributed by atoms with E-state index in [1.807, 2.05) is 31.2 Å². The zero-order chi connectivity index (χ0) is 22.9. The van der Waals surface area contributed by atoms with Gasteiger partial charge in [-0.1, -0.05) is 23.8 Å². The van der Waals surface area contributed by atoms with Gasteiger partial charge >= 0.3 is 0 Å². The van der Waals surface area contributed by atoms with Crippen LogP contribution in [0.15, 0.2) is 72.9 Å². The monoisotopic (exact) mass is 442 g/mol. The van der Waals surface area contributed by atoms with Gasteiger partial charge in [-0.25, -0.2) is 9.07 Å². The minimum Gasteiger partial charge on any atom is -0.482 e. The number of benzene rings is 3. The topological polar surface area (TPSA) is 85.3 Å². The molecule has 33 heavy (non-hydrogen) atoms. The molecule has 0 atom stereocenters. The minimum absolute atomic E-state index is 0.0405. The number of aromatic nitrogens is 2. The Morgan fingerprint density at radius 2 is 1.94 bits per heavy atom. The third-order valence-corrected chi connectivity index (χ3v) is 5.21. The number of amides is 2. The fourth-order valence-corrected chi connectivity index (χ4v) is 3.63. The van der Waals surface area contributed by atoms with E-state index < -0.39 is 0 Å². The summed E-state index contributed by atoms with van der Waals surface area (Å²) in [4.78, 5) is 24.9. The van der Waals surface area contributed by atoms with E-state index in [9.17, 15) is 14.0 Å². The molecule has 0 saturated carbocycles. The highest BCUT2D eigenvalue weighted by molar-refractivity contribution is 6.08. The first-order valence-corrected chi connectivity index (χ1v) is 10.3. The summed E-state index contributed by atoms with van der Waals surface area (Å²) in [6.07, 6.45) is 1.61. The molecule has 1 aliphatic rings. The van der Waals surface area contributed by atoms with Crippen molar-refractivity contribution in [3.05, 3.63) is 89.9 Å². The fraction of sp³-hybridized carbons (Fsp3) is 0.0800. The van der Waals surface area contributed by atoms with Crippen LogP contribution in [0.25, 0.3) is 16.9 Å². The third kappa shape index (κ3) is 4.18. The Balaban J connectivity index is 1.52. The molecule has 1 aliphatic heterocycles. The smallest absolute Gasteiger partial charge is 0.262 e.